The first-order valence-corrected chi connectivity index (χ1v) is 14.0. The van der Waals surface area contributed by atoms with E-state index in [9.17, 15) is 19.2 Å². The van der Waals surface area contributed by atoms with E-state index < -0.39 is 23.8 Å². The second-order valence-corrected chi connectivity index (χ2v) is 11.4. The number of amides is 4. The molecular formula is C31H27ClN4O4. The molecule has 0 radical (unpaired) electrons. The SMILES string of the molecule is O=C1CCC(N2C(=O)c3ccc(N4C5CC4CN(Cc4ccccc4-c4ccc(Cl)cc4)C5)cc3C2=O)C(=O)N1. The van der Waals surface area contributed by atoms with Crippen LogP contribution >= 0.6 is 11.6 Å². The summed E-state index contributed by atoms with van der Waals surface area (Å²) in [4.78, 5) is 56.2. The van der Waals surface area contributed by atoms with Crippen molar-refractivity contribution in [3.05, 3.63) is 88.4 Å². The van der Waals surface area contributed by atoms with Crippen molar-refractivity contribution < 1.29 is 19.2 Å². The molecule has 4 amide bonds. The zero-order chi connectivity index (χ0) is 27.5. The highest BCUT2D eigenvalue weighted by Crippen LogP contribution is 2.40. The molecule has 3 atom stereocenters. The Bertz CT molecular complexity index is 1560. The zero-order valence-electron chi connectivity index (χ0n) is 21.7. The van der Waals surface area contributed by atoms with Gasteiger partial charge in [-0.15, -0.1) is 0 Å². The maximum atomic E-state index is 13.3. The van der Waals surface area contributed by atoms with Gasteiger partial charge in [-0.3, -0.25) is 34.3 Å². The molecule has 5 heterocycles. The molecule has 40 heavy (non-hydrogen) atoms. The maximum Gasteiger partial charge on any atom is 0.262 e. The van der Waals surface area contributed by atoms with Gasteiger partial charge in [-0.25, -0.2) is 0 Å². The molecule has 0 saturated carbocycles. The third-order valence-corrected chi connectivity index (χ3v) is 8.81. The van der Waals surface area contributed by atoms with Crippen LogP contribution in [0.25, 0.3) is 11.1 Å². The Morgan fingerprint density at radius 3 is 2.30 bits per heavy atom. The molecule has 0 aromatic heterocycles. The van der Waals surface area contributed by atoms with Crippen LogP contribution in [0.4, 0.5) is 5.69 Å². The molecule has 4 fully saturated rings. The molecule has 3 unspecified atom stereocenters. The zero-order valence-corrected chi connectivity index (χ0v) is 22.4. The van der Waals surface area contributed by atoms with Crippen molar-refractivity contribution in [1.29, 1.82) is 0 Å². The molecule has 4 saturated heterocycles. The van der Waals surface area contributed by atoms with Crippen molar-refractivity contribution in [2.75, 3.05) is 18.0 Å². The summed E-state index contributed by atoms with van der Waals surface area (Å²) in [6.45, 7) is 2.65. The average molecular weight is 555 g/mol. The number of imide groups is 2. The number of hydrogen-bond donors (Lipinski definition) is 1. The Hall–Kier alpha value is -4.01. The highest BCUT2D eigenvalue weighted by atomic mass is 35.5. The van der Waals surface area contributed by atoms with Crippen molar-refractivity contribution in [2.24, 2.45) is 0 Å². The standard InChI is InChI=1S/C31H27ClN4O4/c32-20-7-5-18(6-8-20)24-4-2-1-3-19(24)15-34-16-22-13-23(17-34)35(22)21-9-10-25-26(14-21)31(40)36(30(25)39)27-11-12-28(37)33-29(27)38/h1-10,14,22-23,27H,11-13,15-17H2,(H,33,37,38). The van der Waals surface area contributed by atoms with E-state index in [1.807, 2.05) is 18.2 Å². The Labute approximate surface area is 236 Å². The van der Waals surface area contributed by atoms with Gasteiger partial charge in [-0.05, 0) is 59.9 Å². The third kappa shape index (κ3) is 4.10. The first-order valence-electron chi connectivity index (χ1n) is 13.6. The summed E-state index contributed by atoms with van der Waals surface area (Å²) < 4.78 is 0. The number of nitrogens with one attached hydrogen (secondary N) is 1. The predicted molar refractivity (Wildman–Crippen MR) is 150 cm³/mol. The van der Waals surface area contributed by atoms with Crippen molar-refractivity contribution in [3.63, 3.8) is 0 Å². The molecule has 0 aliphatic carbocycles. The number of fused-ring (bicyclic) bond motifs is 3. The van der Waals surface area contributed by atoms with Crippen molar-refractivity contribution in [2.45, 2.75) is 43.9 Å². The Morgan fingerprint density at radius 1 is 0.825 bits per heavy atom. The lowest BCUT2D eigenvalue weighted by Gasteiger charge is -2.58. The lowest BCUT2D eigenvalue weighted by Crippen LogP contribution is -2.68. The summed E-state index contributed by atoms with van der Waals surface area (Å²) in [5, 5.41) is 2.96. The van der Waals surface area contributed by atoms with Crippen molar-refractivity contribution in [1.82, 2.24) is 15.1 Å². The van der Waals surface area contributed by atoms with Crippen LogP contribution in [0.2, 0.25) is 5.02 Å². The summed E-state index contributed by atoms with van der Waals surface area (Å²) in [5.74, 6) is -1.93. The van der Waals surface area contributed by atoms with Crippen molar-refractivity contribution in [3.8, 4) is 11.1 Å². The van der Waals surface area contributed by atoms with Gasteiger partial charge in [0.15, 0.2) is 0 Å². The summed E-state index contributed by atoms with van der Waals surface area (Å²) >= 11 is 6.10. The van der Waals surface area contributed by atoms with E-state index in [0.29, 0.717) is 23.2 Å². The Balaban J connectivity index is 1.07. The van der Waals surface area contributed by atoms with Gasteiger partial charge in [-0.1, -0.05) is 48.0 Å². The van der Waals surface area contributed by atoms with Crippen LogP contribution in [0.15, 0.2) is 66.7 Å². The summed E-state index contributed by atoms with van der Waals surface area (Å²) in [5.41, 5.74) is 5.18. The summed E-state index contributed by atoms with van der Waals surface area (Å²) in [6.07, 6.45) is 1.34. The van der Waals surface area contributed by atoms with Crippen molar-refractivity contribution >= 4 is 40.9 Å². The molecule has 8 nitrogen and oxygen atoms in total. The number of carbonyl (C=O) groups excluding carboxylic acids is 4. The second kappa shape index (κ2) is 9.57. The van der Waals surface area contributed by atoms with E-state index in [1.165, 1.54) is 11.1 Å². The number of hydrogen-bond acceptors (Lipinski definition) is 6. The molecule has 0 spiro atoms. The van der Waals surface area contributed by atoms with Gasteiger partial charge in [0.1, 0.15) is 6.04 Å². The minimum absolute atomic E-state index is 0.104. The van der Waals surface area contributed by atoms with Crippen LogP contribution < -0.4 is 10.2 Å². The largest absolute Gasteiger partial charge is 0.363 e. The quantitative estimate of drug-likeness (QED) is 0.482. The number of anilines is 1. The van der Waals surface area contributed by atoms with E-state index in [0.717, 1.165) is 47.2 Å². The summed E-state index contributed by atoms with van der Waals surface area (Å²) in [7, 11) is 0. The Morgan fingerprint density at radius 2 is 1.55 bits per heavy atom. The lowest BCUT2D eigenvalue weighted by atomic mass is 9.85. The number of carbonyl (C=O) groups is 4. The van der Waals surface area contributed by atoms with E-state index >= 15 is 0 Å². The van der Waals surface area contributed by atoms with Gasteiger partial charge < -0.3 is 4.90 Å². The van der Waals surface area contributed by atoms with E-state index in [4.69, 9.17) is 11.6 Å². The van der Waals surface area contributed by atoms with E-state index in [-0.39, 0.29) is 18.7 Å². The summed E-state index contributed by atoms with van der Waals surface area (Å²) in [6, 6.07) is 21.5. The predicted octanol–water partition coefficient (Wildman–Crippen LogP) is 3.87. The number of piperazine rings is 1. The fraction of sp³-hybridized carbons (Fsp3) is 0.290. The molecule has 202 valence electrons. The van der Waals surface area contributed by atoms with Crippen LogP contribution in [0.3, 0.4) is 0 Å². The lowest BCUT2D eigenvalue weighted by molar-refractivity contribution is -0.136. The van der Waals surface area contributed by atoms with Gasteiger partial charge in [0.2, 0.25) is 11.8 Å². The average Bonchev–Trinajstić information content (AvgIpc) is 3.18. The van der Waals surface area contributed by atoms with Gasteiger partial charge >= 0.3 is 0 Å². The smallest absolute Gasteiger partial charge is 0.262 e. The fourth-order valence-electron chi connectivity index (χ4n) is 6.68. The third-order valence-electron chi connectivity index (χ3n) is 8.56. The molecule has 3 aromatic carbocycles. The van der Waals surface area contributed by atoms with Gasteiger partial charge in [0.05, 0.1) is 11.1 Å². The second-order valence-electron chi connectivity index (χ2n) is 11.0. The normalized spacial score (nSPS) is 24.2. The molecule has 2 bridgehead atoms. The highest BCUT2D eigenvalue weighted by molar-refractivity contribution is 6.30. The monoisotopic (exact) mass is 554 g/mol. The highest BCUT2D eigenvalue weighted by Gasteiger charge is 2.47. The first kappa shape index (κ1) is 25.0. The van der Waals surface area contributed by atoms with Crippen LogP contribution in [0, 0.1) is 0 Å². The van der Waals surface area contributed by atoms with Gasteiger partial charge in [-0.2, -0.15) is 0 Å². The molecular weight excluding hydrogens is 528 g/mol. The van der Waals surface area contributed by atoms with Crippen LogP contribution in [0.1, 0.15) is 45.5 Å². The minimum Gasteiger partial charge on any atom is -0.363 e. The molecule has 1 N–H and O–H groups in total. The first-order chi connectivity index (χ1) is 19.4. The number of rotatable bonds is 5. The Kier molecular flexibility index (Phi) is 5.98. The number of benzene rings is 3. The number of piperidine rings is 2. The van der Waals surface area contributed by atoms with Crippen LogP contribution in [-0.2, 0) is 16.1 Å². The molecule has 9 heteroatoms. The van der Waals surface area contributed by atoms with Crippen LogP contribution in [0.5, 0.6) is 0 Å². The van der Waals surface area contributed by atoms with E-state index in [1.54, 1.807) is 12.1 Å². The topological polar surface area (TPSA) is 90.0 Å². The number of nitrogens with zero attached hydrogens (tertiary/aromatic N) is 3. The van der Waals surface area contributed by atoms with Crippen LogP contribution in [-0.4, -0.2) is 64.6 Å². The molecule has 8 rings (SSSR count). The maximum absolute atomic E-state index is 13.3. The fourth-order valence-corrected chi connectivity index (χ4v) is 6.80. The molecule has 5 aliphatic heterocycles. The number of halogens is 1. The van der Waals surface area contributed by atoms with Gasteiger partial charge in [0, 0.05) is 48.8 Å². The van der Waals surface area contributed by atoms with Gasteiger partial charge in [0.25, 0.3) is 11.8 Å². The van der Waals surface area contributed by atoms with E-state index in [2.05, 4.69) is 51.5 Å². The molecule has 3 aromatic rings. The minimum atomic E-state index is -0.957. The molecule has 5 aliphatic rings.